The molecule has 1 aliphatic rings. The summed E-state index contributed by atoms with van der Waals surface area (Å²) < 4.78 is 0. The lowest BCUT2D eigenvalue weighted by Gasteiger charge is -2.35. The van der Waals surface area contributed by atoms with Crippen LogP contribution in [0, 0.1) is 5.92 Å². The second-order valence-electron chi connectivity index (χ2n) is 6.48. The van der Waals surface area contributed by atoms with Gasteiger partial charge in [0.2, 0.25) is 11.8 Å². The van der Waals surface area contributed by atoms with Crippen LogP contribution in [0.3, 0.4) is 0 Å². The molecule has 0 radical (unpaired) electrons. The molecule has 0 aliphatic carbocycles. The lowest BCUT2D eigenvalue weighted by molar-refractivity contribution is -0.141. The van der Waals surface area contributed by atoms with Gasteiger partial charge in [-0.25, -0.2) is 0 Å². The quantitative estimate of drug-likeness (QED) is 0.803. The van der Waals surface area contributed by atoms with E-state index in [4.69, 9.17) is 0 Å². The van der Waals surface area contributed by atoms with Gasteiger partial charge in [-0.05, 0) is 38.7 Å². The van der Waals surface area contributed by atoms with E-state index in [1.54, 1.807) is 0 Å². The summed E-state index contributed by atoms with van der Waals surface area (Å²) in [5, 5.41) is 0. The Bertz CT molecular complexity index is 532. The van der Waals surface area contributed by atoms with Crippen LogP contribution >= 0.6 is 0 Å². The number of rotatable bonds is 6. The van der Waals surface area contributed by atoms with Gasteiger partial charge in [-0.2, -0.15) is 0 Å². The first-order valence-corrected chi connectivity index (χ1v) is 9.24. The van der Waals surface area contributed by atoms with E-state index in [0.717, 1.165) is 37.9 Å². The molecule has 1 unspecified atom stereocenters. The van der Waals surface area contributed by atoms with Crippen molar-refractivity contribution in [1.29, 1.82) is 0 Å². The monoisotopic (exact) mass is 330 g/mol. The number of piperidine rings is 1. The zero-order chi connectivity index (χ0) is 17.5. The van der Waals surface area contributed by atoms with E-state index in [0.29, 0.717) is 13.1 Å². The molecule has 0 N–H and O–H groups in total. The molecule has 0 saturated carbocycles. The maximum absolute atomic E-state index is 12.9. The highest BCUT2D eigenvalue weighted by Gasteiger charge is 2.31. The summed E-state index contributed by atoms with van der Waals surface area (Å²) in [5.74, 6) is 0.464. The fourth-order valence-corrected chi connectivity index (χ4v) is 3.60. The van der Waals surface area contributed by atoms with E-state index in [-0.39, 0.29) is 23.7 Å². The third kappa shape index (κ3) is 4.16. The molecule has 2 amide bonds. The molecule has 1 aromatic rings. The molecule has 132 valence electrons. The van der Waals surface area contributed by atoms with Gasteiger partial charge in [0, 0.05) is 32.1 Å². The molecule has 1 atom stereocenters. The highest BCUT2D eigenvalue weighted by atomic mass is 16.2. The molecule has 4 heteroatoms. The van der Waals surface area contributed by atoms with Crippen LogP contribution in [-0.4, -0.2) is 47.8 Å². The van der Waals surface area contributed by atoms with Gasteiger partial charge in [0.1, 0.15) is 0 Å². The van der Waals surface area contributed by atoms with Crippen molar-refractivity contribution in [2.45, 2.75) is 46.0 Å². The Labute approximate surface area is 145 Å². The smallest absolute Gasteiger partial charge is 0.230 e. The minimum absolute atomic E-state index is 0.0683. The number of carbonyl (C=O) groups is 2. The van der Waals surface area contributed by atoms with E-state index < -0.39 is 0 Å². The minimum atomic E-state index is -0.0683. The van der Waals surface area contributed by atoms with Crippen LogP contribution in [0.5, 0.6) is 0 Å². The van der Waals surface area contributed by atoms with E-state index in [1.165, 1.54) is 0 Å². The number of amides is 2. The normalized spacial score (nSPS) is 16.7. The second-order valence-corrected chi connectivity index (χ2v) is 6.48. The summed E-state index contributed by atoms with van der Waals surface area (Å²) in [7, 11) is 0. The van der Waals surface area contributed by atoms with Crippen LogP contribution in [-0.2, 0) is 9.59 Å². The first-order valence-electron chi connectivity index (χ1n) is 9.24. The standard InChI is InChI=1S/C20H30N2O2/c1-4-18(16-10-8-7-9-11-16)20(24)22-14-12-17(13-15-22)19(23)21(5-2)6-3/h7-11,17-18H,4-6,12-15H2,1-3H3. The van der Waals surface area contributed by atoms with Crippen LogP contribution < -0.4 is 0 Å². The van der Waals surface area contributed by atoms with Crippen molar-refractivity contribution in [3.63, 3.8) is 0 Å². The van der Waals surface area contributed by atoms with E-state index >= 15 is 0 Å². The molecular formula is C20H30N2O2. The fraction of sp³-hybridized carbons (Fsp3) is 0.600. The Morgan fingerprint density at radius 1 is 1.08 bits per heavy atom. The van der Waals surface area contributed by atoms with Gasteiger partial charge in [0.25, 0.3) is 0 Å². The lowest BCUT2D eigenvalue weighted by atomic mass is 9.91. The van der Waals surface area contributed by atoms with Crippen molar-refractivity contribution in [3.8, 4) is 0 Å². The second kappa shape index (κ2) is 8.86. The summed E-state index contributed by atoms with van der Waals surface area (Å²) in [6.45, 7) is 9.02. The van der Waals surface area contributed by atoms with Crippen molar-refractivity contribution in [1.82, 2.24) is 9.80 Å². The van der Waals surface area contributed by atoms with Crippen molar-refractivity contribution in [3.05, 3.63) is 35.9 Å². The number of nitrogens with zero attached hydrogens (tertiary/aromatic N) is 2. The number of hydrogen-bond acceptors (Lipinski definition) is 2. The highest BCUT2D eigenvalue weighted by Crippen LogP contribution is 2.26. The Balaban J connectivity index is 1.96. The third-order valence-electron chi connectivity index (χ3n) is 5.14. The molecule has 0 bridgehead atoms. The summed E-state index contributed by atoms with van der Waals surface area (Å²) in [6, 6.07) is 10.0. The third-order valence-corrected chi connectivity index (χ3v) is 5.14. The molecule has 0 aromatic heterocycles. The molecule has 1 heterocycles. The van der Waals surface area contributed by atoms with Gasteiger partial charge < -0.3 is 9.80 Å². The largest absolute Gasteiger partial charge is 0.343 e. The average molecular weight is 330 g/mol. The van der Waals surface area contributed by atoms with Crippen LogP contribution in [0.4, 0.5) is 0 Å². The summed E-state index contributed by atoms with van der Waals surface area (Å²) in [5.41, 5.74) is 1.09. The summed E-state index contributed by atoms with van der Waals surface area (Å²) in [4.78, 5) is 29.2. The van der Waals surface area contributed by atoms with Crippen molar-refractivity contribution < 1.29 is 9.59 Å². The zero-order valence-corrected chi connectivity index (χ0v) is 15.2. The van der Waals surface area contributed by atoms with Gasteiger partial charge in [-0.1, -0.05) is 37.3 Å². The summed E-state index contributed by atoms with van der Waals surface area (Å²) in [6.07, 6.45) is 2.37. The highest BCUT2D eigenvalue weighted by molar-refractivity contribution is 5.84. The predicted molar refractivity (Wildman–Crippen MR) is 96.7 cm³/mol. The Hall–Kier alpha value is -1.84. The molecule has 1 saturated heterocycles. The predicted octanol–water partition coefficient (Wildman–Crippen LogP) is 3.29. The van der Waals surface area contributed by atoms with Crippen LogP contribution in [0.1, 0.15) is 51.5 Å². The molecule has 24 heavy (non-hydrogen) atoms. The lowest BCUT2D eigenvalue weighted by Crippen LogP contribution is -2.45. The topological polar surface area (TPSA) is 40.6 Å². The maximum Gasteiger partial charge on any atom is 0.230 e. The van der Waals surface area contributed by atoms with E-state index in [2.05, 4.69) is 6.92 Å². The molecule has 1 fully saturated rings. The van der Waals surface area contributed by atoms with Crippen LogP contribution in [0.25, 0.3) is 0 Å². The molecule has 1 aromatic carbocycles. The molecule has 0 spiro atoms. The Morgan fingerprint density at radius 3 is 2.17 bits per heavy atom. The first-order chi connectivity index (χ1) is 11.6. The molecule has 2 rings (SSSR count). The molecular weight excluding hydrogens is 300 g/mol. The van der Waals surface area contributed by atoms with Crippen LogP contribution in [0.2, 0.25) is 0 Å². The number of hydrogen-bond donors (Lipinski definition) is 0. The first kappa shape index (κ1) is 18.5. The SMILES string of the molecule is CCC(C(=O)N1CCC(C(=O)N(CC)CC)CC1)c1ccccc1. The maximum atomic E-state index is 12.9. The van der Waals surface area contributed by atoms with E-state index in [1.807, 2.05) is 54.0 Å². The number of benzene rings is 1. The fourth-order valence-electron chi connectivity index (χ4n) is 3.60. The van der Waals surface area contributed by atoms with Gasteiger partial charge >= 0.3 is 0 Å². The van der Waals surface area contributed by atoms with Crippen molar-refractivity contribution in [2.75, 3.05) is 26.2 Å². The summed E-state index contributed by atoms with van der Waals surface area (Å²) >= 11 is 0. The van der Waals surface area contributed by atoms with Crippen molar-refractivity contribution in [2.24, 2.45) is 5.92 Å². The molecule has 4 nitrogen and oxygen atoms in total. The Kier molecular flexibility index (Phi) is 6.83. The van der Waals surface area contributed by atoms with Gasteiger partial charge in [-0.3, -0.25) is 9.59 Å². The Morgan fingerprint density at radius 2 is 1.67 bits per heavy atom. The number of likely N-dealkylation sites (tertiary alicyclic amines) is 1. The van der Waals surface area contributed by atoms with Crippen LogP contribution in [0.15, 0.2) is 30.3 Å². The average Bonchev–Trinajstić information content (AvgIpc) is 2.64. The van der Waals surface area contributed by atoms with Gasteiger partial charge in [-0.15, -0.1) is 0 Å². The zero-order valence-electron chi connectivity index (χ0n) is 15.2. The molecule has 1 aliphatic heterocycles. The minimum Gasteiger partial charge on any atom is -0.343 e. The van der Waals surface area contributed by atoms with Crippen molar-refractivity contribution >= 4 is 11.8 Å². The van der Waals surface area contributed by atoms with Gasteiger partial charge in [0.05, 0.1) is 5.92 Å². The number of carbonyl (C=O) groups excluding carboxylic acids is 2. The van der Waals surface area contributed by atoms with E-state index in [9.17, 15) is 9.59 Å². The van der Waals surface area contributed by atoms with Gasteiger partial charge in [0.15, 0.2) is 0 Å².